The molecule has 0 bridgehead atoms. The Kier molecular flexibility index (Phi) is 4.30. The summed E-state index contributed by atoms with van der Waals surface area (Å²) in [6, 6.07) is 12.4. The summed E-state index contributed by atoms with van der Waals surface area (Å²) in [6.45, 7) is -2.98. The normalized spacial score (nSPS) is 10.4. The summed E-state index contributed by atoms with van der Waals surface area (Å²) >= 11 is 0. The molecule has 0 spiro atoms. The van der Waals surface area contributed by atoms with E-state index in [2.05, 4.69) is 4.74 Å². The molecule has 0 atom stereocenters. The van der Waals surface area contributed by atoms with E-state index in [1.54, 1.807) is 30.3 Å². The Bertz CT molecular complexity index is 612. The maximum absolute atomic E-state index is 12.3. The number of ketones is 1. The molecule has 0 saturated carbocycles. The van der Waals surface area contributed by atoms with Gasteiger partial charge in [-0.2, -0.15) is 8.78 Å². The van der Waals surface area contributed by atoms with E-state index in [9.17, 15) is 13.6 Å². The predicted molar refractivity (Wildman–Crippen MR) is 69.5 cm³/mol. The van der Waals surface area contributed by atoms with Gasteiger partial charge in [0.15, 0.2) is 5.78 Å². The highest BCUT2D eigenvalue weighted by Crippen LogP contribution is 2.24. The molecule has 2 aromatic carbocycles. The van der Waals surface area contributed by atoms with Gasteiger partial charge in [-0.15, -0.1) is 0 Å². The van der Waals surface area contributed by atoms with E-state index in [-0.39, 0.29) is 11.3 Å². The van der Waals surface area contributed by atoms with Crippen LogP contribution in [0.25, 0.3) is 0 Å². The summed E-state index contributed by atoms with van der Waals surface area (Å²) in [4.78, 5) is 12.3. The third kappa shape index (κ3) is 3.12. The second kappa shape index (κ2) is 6.14. The quantitative estimate of drug-likeness (QED) is 0.785. The van der Waals surface area contributed by atoms with Gasteiger partial charge < -0.3 is 9.47 Å². The zero-order valence-electron chi connectivity index (χ0n) is 10.7. The summed E-state index contributed by atoms with van der Waals surface area (Å²) in [5, 5.41) is 0. The molecule has 0 aliphatic carbocycles. The molecule has 0 fully saturated rings. The summed E-state index contributed by atoms with van der Waals surface area (Å²) in [7, 11) is 1.48. The fraction of sp³-hybridized carbons (Fsp3) is 0.133. The first-order valence-electron chi connectivity index (χ1n) is 5.84. The Morgan fingerprint density at radius 3 is 2.55 bits per heavy atom. The molecule has 5 heteroatoms. The number of rotatable bonds is 5. The minimum Gasteiger partial charge on any atom is -0.497 e. The lowest BCUT2D eigenvalue weighted by molar-refractivity contribution is -0.0501. The average Bonchev–Trinajstić information content (AvgIpc) is 2.46. The monoisotopic (exact) mass is 278 g/mol. The van der Waals surface area contributed by atoms with E-state index in [1.807, 2.05) is 0 Å². The number of carbonyl (C=O) groups is 1. The number of halogens is 2. The standard InChI is InChI=1S/C15H12F2O3/c1-19-11-6-4-5-10(9-11)14(18)12-7-2-3-8-13(12)20-15(16)17/h2-9,15H,1H3. The Morgan fingerprint density at radius 2 is 1.85 bits per heavy atom. The van der Waals surface area contributed by atoms with E-state index in [0.717, 1.165) is 0 Å². The number of hydrogen-bond donors (Lipinski definition) is 0. The zero-order chi connectivity index (χ0) is 14.5. The maximum Gasteiger partial charge on any atom is 0.387 e. The van der Waals surface area contributed by atoms with Crippen LogP contribution in [0.1, 0.15) is 15.9 Å². The van der Waals surface area contributed by atoms with Crippen LogP contribution in [0.2, 0.25) is 0 Å². The highest BCUT2D eigenvalue weighted by Gasteiger charge is 2.17. The molecule has 0 N–H and O–H groups in total. The van der Waals surface area contributed by atoms with Crippen molar-refractivity contribution in [3.05, 3.63) is 59.7 Å². The molecule has 0 aromatic heterocycles. The highest BCUT2D eigenvalue weighted by atomic mass is 19.3. The van der Waals surface area contributed by atoms with Crippen LogP contribution in [-0.4, -0.2) is 19.5 Å². The van der Waals surface area contributed by atoms with Crippen molar-refractivity contribution < 1.29 is 23.0 Å². The molecule has 2 aromatic rings. The lowest BCUT2D eigenvalue weighted by Crippen LogP contribution is -2.08. The van der Waals surface area contributed by atoms with Crippen LogP contribution < -0.4 is 9.47 Å². The Balaban J connectivity index is 2.37. The van der Waals surface area contributed by atoms with Crippen LogP contribution in [0.3, 0.4) is 0 Å². The van der Waals surface area contributed by atoms with E-state index < -0.39 is 12.4 Å². The average molecular weight is 278 g/mol. The summed E-state index contributed by atoms with van der Waals surface area (Å²) < 4.78 is 34.1. The van der Waals surface area contributed by atoms with Crippen molar-refractivity contribution >= 4 is 5.78 Å². The maximum atomic E-state index is 12.3. The molecule has 0 unspecified atom stereocenters. The lowest BCUT2D eigenvalue weighted by Gasteiger charge is -2.10. The molecule has 0 aliphatic heterocycles. The van der Waals surface area contributed by atoms with Crippen LogP contribution in [-0.2, 0) is 0 Å². The van der Waals surface area contributed by atoms with E-state index >= 15 is 0 Å². The van der Waals surface area contributed by atoms with Crippen molar-refractivity contribution in [2.75, 3.05) is 7.11 Å². The first-order valence-corrected chi connectivity index (χ1v) is 5.84. The second-order valence-electron chi connectivity index (χ2n) is 3.94. The van der Waals surface area contributed by atoms with Gasteiger partial charge in [-0.25, -0.2) is 0 Å². The minimum absolute atomic E-state index is 0.0843. The van der Waals surface area contributed by atoms with Gasteiger partial charge in [0.1, 0.15) is 11.5 Å². The van der Waals surface area contributed by atoms with Gasteiger partial charge in [0.25, 0.3) is 0 Å². The Labute approximate surface area is 114 Å². The highest BCUT2D eigenvalue weighted by molar-refractivity contribution is 6.10. The second-order valence-corrected chi connectivity index (χ2v) is 3.94. The summed E-state index contributed by atoms with van der Waals surface area (Å²) in [6.07, 6.45) is 0. The van der Waals surface area contributed by atoms with Crippen molar-refractivity contribution in [3.63, 3.8) is 0 Å². The molecule has 0 heterocycles. The van der Waals surface area contributed by atoms with Crippen molar-refractivity contribution in [3.8, 4) is 11.5 Å². The van der Waals surface area contributed by atoms with Gasteiger partial charge in [-0.3, -0.25) is 4.79 Å². The number of alkyl halides is 2. The molecule has 2 rings (SSSR count). The van der Waals surface area contributed by atoms with E-state index in [0.29, 0.717) is 11.3 Å². The van der Waals surface area contributed by atoms with Gasteiger partial charge in [-0.05, 0) is 24.3 Å². The van der Waals surface area contributed by atoms with Crippen molar-refractivity contribution in [2.45, 2.75) is 6.61 Å². The molecule has 20 heavy (non-hydrogen) atoms. The molecule has 0 radical (unpaired) electrons. The van der Waals surface area contributed by atoms with Crippen LogP contribution in [0.4, 0.5) is 8.78 Å². The minimum atomic E-state index is -2.98. The van der Waals surface area contributed by atoms with Gasteiger partial charge >= 0.3 is 6.61 Å². The van der Waals surface area contributed by atoms with Crippen LogP contribution >= 0.6 is 0 Å². The van der Waals surface area contributed by atoms with Crippen molar-refractivity contribution in [1.29, 1.82) is 0 Å². The van der Waals surface area contributed by atoms with Gasteiger partial charge in [0, 0.05) is 5.56 Å². The molecule has 3 nitrogen and oxygen atoms in total. The number of hydrogen-bond acceptors (Lipinski definition) is 3. The topological polar surface area (TPSA) is 35.5 Å². The van der Waals surface area contributed by atoms with Crippen LogP contribution in [0.15, 0.2) is 48.5 Å². The number of benzene rings is 2. The molecular weight excluding hydrogens is 266 g/mol. The number of methoxy groups -OCH3 is 1. The number of ether oxygens (including phenoxy) is 2. The third-order valence-electron chi connectivity index (χ3n) is 2.68. The number of carbonyl (C=O) groups excluding carboxylic acids is 1. The Morgan fingerprint density at radius 1 is 1.10 bits per heavy atom. The van der Waals surface area contributed by atoms with Crippen LogP contribution in [0, 0.1) is 0 Å². The molecule has 0 aliphatic rings. The molecule has 0 saturated heterocycles. The van der Waals surface area contributed by atoms with Gasteiger partial charge in [-0.1, -0.05) is 24.3 Å². The van der Waals surface area contributed by atoms with Gasteiger partial charge in [0.05, 0.1) is 12.7 Å². The Hall–Kier alpha value is -2.43. The SMILES string of the molecule is COc1cccc(C(=O)c2ccccc2OC(F)F)c1. The van der Waals surface area contributed by atoms with E-state index in [1.165, 1.54) is 25.3 Å². The first-order chi connectivity index (χ1) is 9.61. The van der Waals surface area contributed by atoms with Crippen LogP contribution in [0.5, 0.6) is 11.5 Å². The summed E-state index contributed by atoms with van der Waals surface area (Å²) in [5.74, 6) is -0.0291. The molecule has 104 valence electrons. The predicted octanol–water partition coefficient (Wildman–Crippen LogP) is 3.53. The zero-order valence-corrected chi connectivity index (χ0v) is 10.7. The van der Waals surface area contributed by atoms with Gasteiger partial charge in [0.2, 0.25) is 0 Å². The molecular formula is C15H12F2O3. The first kappa shape index (κ1) is 14.0. The molecule has 0 amide bonds. The third-order valence-corrected chi connectivity index (χ3v) is 2.68. The lowest BCUT2D eigenvalue weighted by atomic mass is 10.0. The number of para-hydroxylation sites is 1. The summed E-state index contributed by atoms with van der Waals surface area (Å²) in [5.41, 5.74) is 0.427. The van der Waals surface area contributed by atoms with Crippen molar-refractivity contribution in [2.24, 2.45) is 0 Å². The van der Waals surface area contributed by atoms with Crippen molar-refractivity contribution in [1.82, 2.24) is 0 Å². The fourth-order valence-electron chi connectivity index (χ4n) is 1.77. The smallest absolute Gasteiger partial charge is 0.387 e. The fourth-order valence-corrected chi connectivity index (χ4v) is 1.77. The largest absolute Gasteiger partial charge is 0.497 e. The van der Waals surface area contributed by atoms with E-state index in [4.69, 9.17) is 4.74 Å².